The van der Waals surface area contributed by atoms with E-state index < -0.39 is 0 Å². The van der Waals surface area contributed by atoms with E-state index in [4.69, 9.17) is 0 Å². The Hall–Kier alpha value is -2.02. The number of thiazole rings is 1. The SMILES string of the molecule is CC(=O)N1CCC(c2cc(Nc3nc(C)c(C)s3)nc(C)n2)C1. The molecule has 0 aliphatic carbocycles. The summed E-state index contributed by atoms with van der Waals surface area (Å²) in [7, 11) is 0. The molecule has 3 heterocycles. The van der Waals surface area contributed by atoms with Gasteiger partial charge in [0.15, 0.2) is 5.13 Å². The molecular weight excluding hydrogens is 310 g/mol. The lowest BCUT2D eigenvalue weighted by Crippen LogP contribution is -2.25. The number of hydrogen-bond acceptors (Lipinski definition) is 6. The van der Waals surface area contributed by atoms with Crippen molar-refractivity contribution in [2.24, 2.45) is 0 Å². The van der Waals surface area contributed by atoms with E-state index in [2.05, 4.69) is 27.2 Å². The van der Waals surface area contributed by atoms with Crippen molar-refractivity contribution in [1.82, 2.24) is 19.9 Å². The topological polar surface area (TPSA) is 71.0 Å². The maximum atomic E-state index is 11.5. The number of nitrogens with zero attached hydrogens (tertiary/aromatic N) is 4. The van der Waals surface area contributed by atoms with Gasteiger partial charge in [-0.05, 0) is 27.2 Å². The molecule has 1 aliphatic rings. The summed E-state index contributed by atoms with van der Waals surface area (Å²) >= 11 is 1.62. The number of rotatable bonds is 3. The predicted octanol–water partition coefficient (Wildman–Crippen LogP) is 2.94. The molecule has 6 nitrogen and oxygen atoms in total. The Bertz CT molecular complexity index is 723. The third kappa shape index (κ3) is 3.50. The molecule has 1 N–H and O–H groups in total. The fourth-order valence-electron chi connectivity index (χ4n) is 2.79. The van der Waals surface area contributed by atoms with E-state index in [1.54, 1.807) is 18.3 Å². The van der Waals surface area contributed by atoms with Gasteiger partial charge in [0, 0.05) is 36.9 Å². The Kier molecular flexibility index (Phi) is 4.30. The first-order valence-electron chi connectivity index (χ1n) is 7.74. The summed E-state index contributed by atoms with van der Waals surface area (Å²) in [5, 5.41) is 4.13. The average Bonchev–Trinajstić information content (AvgIpc) is 3.06. The number of hydrogen-bond donors (Lipinski definition) is 1. The lowest BCUT2D eigenvalue weighted by molar-refractivity contribution is -0.127. The molecule has 1 unspecified atom stereocenters. The van der Waals surface area contributed by atoms with Gasteiger partial charge in [-0.2, -0.15) is 0 Å². The normalized spacial score (nSPS) is 17.6. The van der Waals surface area contributed by atoms with E-state index in [0.29, 0.717) is 0 Å². The highest BCUT2D eigenvalue weighted by molar-refractivity contribution is 7.15. The zero-order chi connectivity index (χ0) is 16.6. The molecule has 2 aromatic rings. The Morgan fingerprint density at radius 2 is 2.09 bits per heavy atom. The molecule has 1 amide bonds. The lowest BCUT2D eigenvalue weighted by atomic mass is 10.0. The van der Waals surface area contributed by atoms with Gasteiger partial charge in [-0.1, -0.05) is 0 Å². The van der Waals surface area contributed by atoms with Crippen LogP contribution in [0.25, 0.3) is 0 Å². The Labute approximate surface area is 140 Å². The number of carbonyl (C=O) groups is 1. The first-order valence-corrected chi connectivity index (χ1v) is 8.56. The summed E-state index contributed by atoms with van der Waals surface area (Å²) in [6.07, 6.45) is 0.949. The van der Waals surface area contributed by atoms with Crippen molar-refractivity contribution in [3.05, 3.63) is 28.2 Å². The first-order chi connectivity index (χ1) is 10.9. The number of aromatic nitrogens is 3. The van der Waals surface area contributed by atoms with Gasteiger partial charge in [-0.15, -0.1) is 11.3 Å². The van der Waals surface area contributed by atoms with Crippen LogP contribution in [0.2, 0.25) is 0 Å². The number of carbonyl (C=O) groups excluding carboxylic acids is 1. The molecule has 0 saturated carbocycles. The van der Waals surface area contributed by atoms with Crippen LogP contribution in [0.15, 0.2) is 6.07 Å². The second-order valence-electron chi connectivity index (χ2n) is 5.96. The van der Waals surface area contributed by atoms with Gasteiger partial charge in [0.2, 0.25) is 5.91 Å². The molecule has 0 spiro atoms. The van der Waals surface area contributed by atoms with Crippen LogP contribution in [-0.2, 0) is 4.79 Å². The van der Waals surface area contributed by atoms with Gasteiger partial charge in [0.25, 0.3) is 0 Å². The van der Waals surface area contributed by atoms with Crippen molar-refractivity contribution in [3.8, 4) is 0 Å². The predicted molar refractivity (Wildman–Crippen MR) is 91.3 cm³/mol. The molecule has 1 fully saturated rings. The van der Waals surface area contributed by atoms with Crippen molar-refractivity contribution in [3.63, 3.8) is 0 Å². The Morgan fingerprint density at radius 3 is 2.70 bits per heavy atom. The molecule has 2 aromatic heterocycles. The smallest absolute Gasteiger partial charge is 0.219 e. The second-order valence-corrected chi connectivity index (χ2v) is 7.16. The number of amides is 1. The van der Waals surface area contributed by atoms with Gasteiger partial charge < -0.3 is 10.2 Å². The maximum Gasteiger partial charge on any atom is 0.219 e. The summed E-state index contributed by atoms with van der Waals surface area (Å²) in [4.78, 5) is 28.1. The number of anilines is 2. The summed E-state index contributed by atoms with van der Waals surface area (Å²) < 4.78 is 0. The molecule has 1 atom stereocenters. The number of aryl methyl sites for hydroxylation is 3. The summed E-state index contributed by atoms with van der Waals surface area (Å²) in [6, 6.07) is 1.98. The zero-order valence-electron chi connectivity index (χ0n) is 13.9. The van der Waals surface area contributed by atoms with Crippen LogP contribution in [0.3, 0.4) is 0 Å². The van der Waals surface area contributed by atoms with Crippen molar-refractivity contribution >= 4 is 28.2 Å². The summed E-state index contributed by atoms with van der Waals surface area (Å²) in [5.41, 5.74) is 2.03. The maximum absolute atomic E-state index is 11.5. The third-order valence-corrected chi connectivity index (χ3v) is 5.16. The molecule has 0 aromatic carbocycles. The molecule has 122 valence electrons. The van der Waals surface area contributed by atoms with Gasteiger partial charge in [0.1, 0.15) is 11.6 Å². The molecule has 3 rings (SSSR count). The first kappa shape index (κ1) is 15.9. The van der Waals surface area contributed by atoms with Crippen LogP contribution in [0, 0.1) is 20.8 Å². The molecule has 0 bridgehead atoms. The van der Waals surface area contributed by atoms with E-state index in [-0.39, 0.29) is 11.8 Å². The minimum absolute atomic E-state index is 0.130. The van der Waals surface area contributed by atoms with Gasteiger partial charge >= 0.3 is 0 Å². The highest BCUT2D eigenvalue weighted by Crippen LogP contribution is 2.29. The monoisotopic (exact) mass is 331 g/mol. The van der Waals surface area contributed by atoms with E-state index in [1.807, 2.05) is 24.8 Å². The van der Waals surface area contributed by atoms with Gasteiger partial charge in [-0.25, -0.2) is 15.0 Å². The summed E-state index contributed by atoms with van der Waals surface area (Å²) in [5.74, 6) is 1.91. The van der Waals surface area contributed by atoms with Crippen LogP contribution in [-0.4, -0.2) is 38.8 Å². The van der Waals surface area contributed by atoms with Crippen LogP contribution >= 0.6 is 11.3 Å². The second kappa shape index (κ2) is 6.23. The van der Waals surface area contributed by atoms with E-state index in [9.17, 15) is 4.79 Å². The summed E-state index contributed by atoms with van der Waals surface area (Å²) in [6.45, 7) is 9.11. The lowest BCUT2D eigenvalue weighted by Gasteiger charge is -2.14. The molecule has 23 heavy (non-hydrogen) atoms. The third-order valence-electron chi connectivity index (χ3n) is 4.17. The van der Waals surface area contributed by atoms with Crippen molar-refractivity contribution in [2.45, 2.75) is 40.0 Å². The molecular formula is C16H21N5OS. The molecule has 1 saturated heterocycles. The van der Waals surface area contributed by atoms with Crippen LogP contribution in [0.1, 0.15) is 41.4 Å². The van der Waals surface area contributed by atoms with E-state index >= 15 is 0 Å². The van der Waals surface area contributed by atoms with E-state index in [0.717, 1.165) is 47.7 Å². The minimum atomic E-state index is 0.130. The Balaban J connectivity index is 1.80. The average molecular weight is 331 g/mol. The zero-order valence-corrected chi connectivity index (χ0v) is 14.7. The fraction of sp³-hybridized carbons (Fsp3) is 0.500. The molecule has 7 heteroatoms. The molecule has 0 radical (unpaired) electrons. The fourth-order valence-corrected chi connectivity index (χ4v) is 3.61. The standard InChI is InChI=1S/C16H21N5OS/c1-9-10(2)23-16(17-9)20-15-7-14(18-11(3)19-15)13-5-6-21(8-13)12(4)22/h7,13H,5-6,8H2,1-4H3,(H,17,18,19,20). The van der Waals surface area contributed by atoms with Crippen molar-refractivity contribution in [1.29, 1.82) is 0 Å². The van der Waals surface area contributed by atoms with Gasteiger partial charge in [-0.3, -0.25) is 4.79 Å². The van der Waals surface area contributed by atoms with Crippen LogP contribution < -0.4 is 5.32 Å². The van der Waals surface area contributed by atoms with Crippen molar-refractivity contribution in [2.75, 3.05) is 18.4 Å². The highest BCUT2D eigenvalue weighted by Gasteiger charge is 2.27. The number of nitrogens with one attached hydrogen (secondary N) is 1. The number of likely N-dealkylation sites (tertiary alicyclic amines) is 1. The minimum Gasteiger partial charge on any atom is -0.342 e. The van der Waals surface area contributed by atoms with Crippen LogP contribution in [0.4, 0.5) is 10.9 Å². The van der Waals surface area contributed by atoms with Crippen molar-refractivity contribution < 1.29 is 4.79 Å². The van der Waals surface area contributed by atoms with E-state index in [1.165, 1.54) is 4.88 Å². The Morgan fingerprint density at radius 1 is 1.30 bits per heavy atom. The highest BCUT2D eigenvalue weighted by atomic mass is 32.1. The van der Waals surface area contributed by atoms with Crippen LogP contribution in [0.5, 0.6) is 0 Å². The largest absolute Gasteiger partial charge is 0.342 e. The quantitative estimate of drug-likeness (QED) is 0.936. The van der Waals surface area contributed by atoms with Gasteiger partial charge in [0.05, 0.1) is 11.4 Å². The molecule has 1 aliphatic heterocycles.